The number of carboxylic acid groups (broad SMARTS) is 1. The molecule has 2 aromatic heterocycles. The minimum absolute atomic E-state index is 0.182. The summed E-state index contributed by atoms with van der Waals surface area (Å²) in [6.45, 7) is 6.29. The Morgan fingerprint density at radius 3 is 2.57 bits per heavy atom. The van der Waals surface area contributed by atoms with Crippen LogP contribution in [-0.4, -0.2) is 41.9 Å². The average molecular weight is 589 g/mol. The van der Waals surface area contributed by atoms with Crippen LogP contribution in [0.3, 0.4) is 0 Å². The van der Waals surface area contributed by atoms with Crippen LogP contribution in [0.25, 0.3) is 17.4 Å². The van der Waals surface area contributed by atoms with Crippen LogP contribution >= 0.6 is 11.3 Å². The van der Waals surface area contributed by atoms with Crippen molar-refractivity contribution in [3.63, 3.8) is 0 Å². The highest BCUT2D eigenvalue weighted by Gasteiger charge is 2.31. The lowest BCUT2D eigenvalue weighted by Crippen LogP contribution is -2.39. The number of nitrogens with zero attached hydrogens (tertiary/aromatic N) is 2. The van der Waals surface area contributed by atoms with E-state index in [0.29, 0.717) is 62.3 Å². The summed E-state index contributed by atoms with van der Waals surface area (Å²) in [6, 6.07) is 12.9. The number of carbonyl (C=O) groups excluding carboxylic acids is 1. The molecule has 3 heterocycles. The fraction of sp³-hybridized carbons (Fsp3) is 0.226. The molecule has 0 saturated carbocycles. The molecule has 11 heteroatoms. The maximum atomic E-state index is 13.8. The van der Waals surface area contributed by atoms with E-state index in [0.717, 1.165) is 11.3 Å². The predicted molar refractivity (Wildman–Crippen MR) is 156 cm³/mol. The maximum Gasteiger partial charge on any atom is 0.337 e. The van der Waals surface area contributed by atoms with E-state index in [9.17, 15) is 19.5 Å². The molecular formula is C31H28N2O8S. The lowest BCUT2D eigenvalue weighted by molar-refractivity contribution is -0.136. The van der Waals surface area contributed by atoms with E-state index in [1.54, 1.807) is 55.5 Å². The Bertz CT molecular complexity index is 1900. The number of carboxylic acids is 1. The number of esters is 1. The topological polar surface area (TPSA) is 130 Å². The molecule has 10 nitrogen and oxygen atoms in total. The summed E-state index contributed by atoms with van der Waals surface area (Å²) in [5.41, 5.74) is 1.84. The molecule has 5 rings (SSSR count). The van der Waals surface area contributed by atoms with Crippen molar-refractivity contribution in [1.82, 2.24) is 4.57 Å². The molecule has 1 aliphatic rings. The van der Waals surface area contributed by atoms with Crippen LogP contribution in [-0.2, 0) is 9.53 Å². The van der Waals surface area contributed by atoms with E-state index in [-0.39, 0.29) is 16.7 Å². The number of carbonyl (C=O) groups is 2. The number of benzene rings is 2. The third kappa shape index (κ3) is 5.26. The first-order chi connectivity index (χ1) is 20.3. The zero-order valence-electron chi connectivity index (χ0n) is 23.4. The second-order valence-electron chi connectivity index (χ2n) is 9.23. The maximum absolute atomic E-state index is 13.8. The normalized spacial score (nSPS) is 14.5. The third-order valence-corrected chi connectivity index (χ3v) is 7.73. The lowest BCUT2D eigenvalue weighted by atomic mass is 9.97. The van der Waals surface area contributed by atoms with Gasteiger partial charge in [-0.2, -0.15) is 0 Å². The number of aromatic nitrogens is 1. The van der Waals surface area contributed by atoms with Crippen molar-refractivity contribution >= 4 is 29.4 Å². The smallest absolute Gasteiger partial charge is 0.337 e. The van der Waals surface area contributed by atoms with E-state index >= 15 is 0 Å². The molecule has 1 N–H and O–H groups in total. The van der Waals surface area contributed by atoms with Crippen LogP contribution in [0.15, 0.2) is 74.5 Å². The first kappa shape index (κ1) is 28.6. The number of hydrogen-bond acceptors (Lipinski definition) is 9. The van der Waals surface area contributed by atoms with E-state index in [1.165, 1.54) is 23.9 Å². The molecule has 1 atom stereocenters. The predicted octanol–water partition coefficient (Wildman–Crippen LogP) is 4.08. The van der Waals surface area contributed by atoms with Crippen molar-refractivity contribution in [1.29, 1.82) is 0 Å². The van der Waals surface area contributed by atoms with Gasteiger partial charge in [-0.15, -0.1) is 0 Å². The van der Waals surface area contributed by atoms with E-state index < -0.39 is 18.0 Å². The van der Waals surface area contributed by atoms with Crippen LogP contribution in [0.1, 0.15) is 47.1 Å². The fourth-order valence-electron chi connectivity index (χ4n) is 4.83. The van der Waals surface area contributed by atoms with Gasteiger partial charge in [-0.25, -0.2) is 14.6 Å². The third-order valence-electron chi connectivity index (χ3n) is 6.74. The molecule has 42 heavy (non-hydrogen) atoms. The number of fused-ring (bicyclic) bond motifs is 1. The van der Waals surface area contributed by atoms with Crippen molar-refractivity contribution < 1.29 is 33.3 Å². The minimum atomic E-state index is -1.02. The lowest BCUT2D eigenvalue weighted by Gasteiger charge is -2.23. The summed E-state index contributed by atoms with van der Waals surface area (Å²) in [5.74, 6) is 0.281. The van der Waals surface area contributed by atoms with Crippen LogP contribution in [0.4, 0.5) is 0 Å². The largest absolute Gasteiger partial charge is 0.490 e. The summed E-state index contributed by atoms with van der Waals surface area (Å²) in [7, 11) is 1.28. The molecule has 216 valence electrons. The molecule has 0 bridgehead atoms. The standard InChI is InChI=1S/C31H28N2O8S/c1-5-39-24-12-10-18(14-25(24)40-6-2)27-22(30(37)38-4)16-32-31-33(27)28(34)26(42-31)15-19-11-13-23(41-19)20-8-7-9-21(17(20)3)29(35)36/h7-16,27H,5-6H2,1-4H3,(H,35,36)/b26-15-/t27-/m0/s1. The molecular weight excluding hydrogens is 560 g/mol. The number of ether oxygens (including phenoxy) is 3. The molecule has 0 unspecified atom stereocenters. The van der Waals surface area contributed by atoms with Gasteiger partial charge in [-0.1, -0.05) is 29.5 Å². The van der Waals surface area contributed by atoms with Gasteiger partial charge >= 0.3 is 11.9 Å². The molecule has 0 spiro atoms. The summed E-state index contributed by atoms with van der Waals surface area (Å²) < 4.78 is 24.3. The number of methoxy groups -OCH3 is 1. The Hall–Kier alpha value is -4.90. The average Bonchev–Trinajstić information content (AvgIpc) is 3.57. The molecule has 4 aromatic rings. The molecule has 0 amide bonds. The Morgan fingerprint density at radius 2 is 1.86 bits per heavy atom. The Kier molecular flexibility index (Phi) is 8.12. The molecule has 2 aromatic carbocycles. The second kappa shape index (κ2) is 11.9. The zero-order chi connectivity index (χ0) is 30.0. The quantitative estimate of drug-likeness (QED) is 0.290. The van der Waals surface area contributed by atoms with Gasteiger partial charge < -0.3 is 23.7 Å². The zero-order valence-corrected chi connectivity index (χ0v) is 24.2. The van der Waals surface area contributed by atoms with Crippen LogP contribution in [0, 0.1) is 6.92 Å². The SMILES string of the molecule is CCOc1ccc([C@H]2C(C(=O)OC)=CN=c3s/c(=C\c4ccc(-c5cccc(C(=O)O)c5C)o4)c(=O)n32)cc1OCC. The Morgan fingerprint density at radius 1 is 1.10 bits per heavy atom. The number of hydrogen-bond donors (Lipinski definition) is 1. The molecule has 0 fully saturated rings. The fourth-order valence-corrected chi connectivity index (χ4v) is 5.78. The highest BCUT2D eigenvalue weighted by atomic mass is 32.1. The highest BCUT2D eigenvalue weighted by Crippen LogP contribution is 2.35. The summed E-state index contributed by atoms with van der Waals surface area (Å²) in [5, 5.41) is 9.47. The highest BCUT2D eigenvalue weighted by molar-refractivity contribution is 7.07. The van der Waals surface area contributed by atoms with Gasteiger partial charge in [0, 0.05) is 17.8 Å². The number of thiazole rings is 1. The van der Waals surface area contributed by atoms with Crippen LogP contribution in [0.5, 0.6) is 11.5 Å². The Labute approximate surface area is 244 Å². The first-order valence-electron chi connectivity index (χ1n) is 13.2. The van der Waals surface area contributed by atoms with Crippen molar-refractivity contribution in [2.24, 2.45) is 4.99 Å². The number of rotatable bonds is 9. The second-order valence-corrected chi connectivity index (χ2v) is 10.2. The van der Waals surface area contributed by atoms with Gasteiger partial charge in [0.2, 0.25) is 0 Å². The minimum Gasteiger partial charge on any atom is -0.490 e. The van der Waals surface area contributed by atoms with Crippen molar-refractivity contribution in [2.75, 3.05) is 20.3 Å². The van der Waals surface area contributed by atoms with Crippen LogP contribution in [0.2, 0.25) is 0 Å². The molecule has 0 aliphatic carbocycles. The monoisotopic (exact) mass is 588 g/mol. The van der Waals surface area contributed by atoms with Gasteiger partial charge in [-0.05, 0) is 62.2 Å². The summed E-state index contributed by atoms with van der Waals surface area (Å²) in [4.78, 5) is 43.0. The molecule has 0 saturated heterocycles. The van der Waals surface area contributed by atoms with E-state index in [4.69, 9.17) is 18.6 Å². The number of furan rings is 1. The Balaban J connectivity index is 1.61. The first-order valence-corrected chi connectivity index (χ1v) is 14.0. The van der Waals surface area contributed by atoms with E-state index in [2.05, 4.69) is 4.99 Å². The van der Waals surface area contributed by atoms with Gasteiger partial charge in [0.25, 0.3) is 5.56 Å². The number of aromatic carboxylic acids is 1. The van der Waals surface area contributed by atoms with Gasteiger partial charge in [0.1, 0.15) is 11.5 Å². The van der Waals surface area contributed by atoms with Crippen molar-refractivity contribution in [2.45, 2.75) is 26.8 Å². The van der Waals surface area contributed by atoms with Gasteiger partial charge in [-0.3, -0.25) is 9.36 Å². The summed E-state index contributed by atoms with van der Waals surface area (Å²) in [6.07, 6.45) is 3.03. The molecule has 0 radical (unpaired) electrons. The summed E-state index contributed by atoms with van der Waals surface area (Å²) >= 11 is 1.15. The van der Waals surface area contributed by atoms with Crippen molar-refractivity contribution in [3.05, 3.63) is 102 Å². The van der Waals surface area contributed by atoms with E-state index in [1.807, 2.05) is 13.8 Å². The van der Waals surface area contributed by atoms with Gasteiger partial charge in [0.05, 0.1) is 42.0 Å². The van der Waals surface area contributed by atoms with Gasteiger partial charge in [0.15, 0.2) is 16.3 Å². The molecule has 1 aliphatic heterocycles. The van der Waals surface area contributed by atoms with Crippen LogP contribution < -0.4 is 24.4 Å². The van der Waals surface area contributed by atoms with Crippen molar-refractivity contribution in [3.8, 4) is 22.8 Å².